The Morgan fingerprint density at radius 2 is 1.88 bits per heavy atom. The van der Waals surface area contributed by atoms with Crippen molar-refractivity contribution in [3.63, 3.8) is 0 Å². The van der Waals surface area contributed by atoms with Crippen molar-refractivity contribution in [3.8, 4) is 22.9 Å². The van der Waals surface area contributed by atoms with Crippen molar-refractivity contribution in [2.45, 2.75) is 36.6 Å². The van der Waals surface area contributed by atoms with Crippen LogP contribution in [-0.4, -0.2) is 20.7 Å². The van der Waals surface area contributed by atoms with Crippen molar-refractivity contribution in [2.24, 2.45) is 0 Å². The van der Waals surface area contributed by atoms with Crippen LogP contribution in [0, 0.1) is 11.3 Å². The molecule has 1 aromatic heterocycles. The number of nitriles is 1. The Bertz CT molecular complexity index is 1380. The summed E-state index contributed by atoms with van der Waals surface area (Å²) >= 11 is 1.64. The lowest BCUT2D eigenvalue weighted by Crippen LogP contribution is -2.07. The fourth-order valence-electron chi connectivity index (χ4n) is 3.91. The first-order valence-electron chi connectivity index (χ1n) is 11.2. The number of amides is 1. The van der Waals surface area contributed by atoms with Gasteiger partial charge in [0.2, 0.25) is 5.91 Å². The molecule has 1 aliphatic carbocycles. The molecule has 1 N–H and O–H groups in total. The predicted molar refractivity (Wildman–Crippen MR) is 134 cm³/mol. The number of rotatable bonds is 7. The van der Waals surface area contributed by atoms with E-state index in [1.165, 1.54) is 6.92 Å². The van der Waals surface area contributed by atoms with Gasteiger partial charge in [-0.25, -0.2) is 0 Å². The molecular formula is C27H23N5OS. The van der Waals surface area contributed by atoms with Crippen LogP contribution in [0.2, 0.25) is 0 Å². The van der Waals surface area contributed by atoms with Gasteiger partial charge in [0.05, 0.1) is 17.3 Å². The van der Waals surface area contributed by atoms with Crippen LogP contribution in [0.25, 0.3) is 16.8 Å². The second-order valence-corrected chi connectivity index (χ2v) is 9.27. The molecule has 1 heterocycles. The topological polar surface area (TPSA) is 83.6 Å². The zero-order valence-electron chi connectivity index (χ0n) is 18.7. The second kappa shape index (κ2) is 9.54. The van der Waals surface area contributed by atoms with Crippen molar-refractivity contribution in [1.82, 2.24) is 14.8 Å². The highest BCUT2D eigenvalue weighted by Crippen LogP contribution is 2.41. The summed E-state index contributed by atoms with van der Waals surface area (Å²) in [6.45, 7) is 1.51. The Morgan fingerprint density at radius 3 is 2.62 bits per heavy atom. The number of nitrogens with one attached hydrogen (secondary N) is 1. The molecule has 0 atom stereocenters. The van der Waals surface area contributed by atoms with Crippen LogP contribution < -0.4 is 5.32 Å². The normalized spacial score (nSPS) is 12.8. The molecule has 168 valence electrons. The highest BCUT2D eigenvalue weighted by atomic mass is 32.2. The molecular weight excluding hydrogens is 442 g/mol. The fraction of sp³-hybridized carbons (Fsp3) is 0.185. The van der Waals surface area contributed by atoms with Gasteiger partial charge in [0, 0.05) is 24.3 Å². The molecule has 7 heteroatoms. The van der Waals surface area contributed by atoms with E-state index in [-0.39, 0.29) is 5.91 Å². The number of thioether (sulfide) groups is 1. The maximum atomic E-state index is 11.5. The lowest BCUT2D eigenvalue weighted by Gasteiger charge is -2.12. The minimum absolute atomic E-state index is 0.0984. The van der Waals surface area contributed by atoms with Crippen LogP contribution in [0.1, 0.15) is 42.6 Å². The van der Waals surface area contributed by atoms with Crippen LogP contribution in [0.4, 0.5) is 5.69 Å². The zero-order valence-corrected chi connectivity index (χ0v) is 19.5. The summed E-state index contributed by atoms with van der Waals surface area (Å²) in [4.78, 5) is 11.5. The van der Waals surface area contributed by atoms with E-state index >= 15 is 0 Å². The molecule has 0 radical (unpaired) electrons. The van der Waals surface area contributed by atoms with E-state index in [0.29, 0.717) is 11.5 Å². The standard InChI is InChI=1S/C27H23N5OS/c1-18(33)29-23-6-4-7-24(15-23)32-26(21-13-14-21)30-31-27(32)34-17-19-9-11-20(12-10-19)25-8-3-2-5-22(25)16-28/h2-12,15,21H,13-14,17H2,1H3,(H,29,33). The van der Waals surface area contributed by atoms with Crippen LogP contribution in [0.3, 0.4) is 0 Å². The maximum absolute atomic E-state index is 11.5. The molecule has 0 saturated heterocycles. The first kappa shape index (κ1) is 21.9. The average Bonchev–Trinajstić information content (AvgIpc) is 3.62. The van der Waals surface area contributed by atoms with Gasteiger partial charge >= 0.3 is 0 Å². The number of benzene rings is 3. The van der Waals surface area contributed by atoms with E-state index < -0.39 is 0 Å². The molecule has 0 spiro atoms. The lowest BCUT2D eigenvalue weighted by atomic mass is 10.00. The summed E-state index contributed by atoms with van der Waals surface area (Å²) in [6.07, 6.45) is 2.25. The van der Waals surface area contributed by atoms with Crippen LogP contribution >= 0.6 is 11.8 Å². The summed E-state index contributed by atoms with van der Waals surface area (Å²) in [5.41, 5.74) is 5.51. The summed E-state index contributed by atoms with van der Waals surface area (Å²) in [6, 6.07) is 26.0. The Balaban J connectivity index is 1.38. The smallest absolute Gasteiger partial charge is 0.221 e. The van der Waals surface area contributed by atoms with Gasteiger partial charge in [-0.15, -0.1) is 10.2 Å². The third kappa shape index (κ3) is 4.73. The quantitative estimate of drug-likeness (QED) is 0.342. The minimum atomic E-state index is -0.0984. The Labute approximate surface area is 202 Å². The van der Waals surface area contributed by atoms with Crippen LogP contribution in [-0.2, 0) is 10.5 Å². The number of hydrogen-bond acceptors (Lipinski definition) is 5. The zero-order chi connectivity index (χ0) is 23.5. The molecule has 0 bridgehead atoms. The first-order valence-corrected chi connectivity index (χ1v) is 12.2. The van der Waals surface area contributed by atoms with Crippen molar-refractivity contribution < 1.29 is 4.79 Å². The highest BCUT2D eigenvalue weighted by molar-refractivity contribution is 7.98. The maximum Gasteiger partial charge on any atom is 0.221 e. The van der Waals surface area contributed by atoms with Gasteiger partial charge in [-0.05, 0) is 53.8 Å². The van der Waals surface area contributed by atoms with Gasteiger partial charge in [-0.3, -0.25) is 9.36 Å². The molecule has 34 heavy (non-hydrogen) atoms. The van der Waals surface area contributed by atoms with E-state index in [2.05, 4.69) is 50.4 Å². The van der Waals surface area contributed by atoms with Gasteiger partial charge in [0.1, 0.15) is 5.82 Å². The van der Waals surface area contributed by atoms with E-state index in [9.17, 15) is 10.1 Å². The van der Waals surface area contributed by atoms with Crippen LogP contribution in [0.15, 0.2) is 78.0 Å². The summed E-state index contributed by atoms with van der Waals surface area (Å²) in [7, 11) is 0. The molecule has 4 aromatic rings. The van der Waals surface area contributed by atoms with Gasteiger partial charge < -0.3 is 5.32 Å². The van der Waals surface area contributed by atoms with Crippen LogP contribution in [0.5, 0.6) is 0 Å². The molecule has 1 aliphatic rings. The summed E-state index contributed by atoms with van der Waals surface area (Å²) in [5.74, 6) is 2.06. The number of aromatic nitrogens is 3. The van der Waals surface area contributed by atoms with Gasteiger partial charge in [0.15, 0.2) is 5.16 Å². The average molecular weight is 466 g/mol. The molecule has 1 saturated carbocycles. The molecule has 1 amide bonds. The summed E-state index contributed by atoms with van der Waals surface area (Å²) < 4.78 is 2.12. The molecule has 6 nitrogen and oxygen atoms in total. The molecule has 0 aliphatic heterocycles. The first-order chi connectivity index (χ1) is 16.6. The lowest BCUT2D eigenvalue weighted by molar-refractivity contribution is -0.114. The van der Waals surface area contributed by atoms with E-state index in [0.717, 1.165) is 57.6 Å². The Hall–Kier alpha value is -3.89. The van der Waals surface area contributed by atoms with E-state index in [1.807, 2.05) is 48.5 Å². The van der Waals surface area contributed by atoms with Crippen molar-refractivity contribution in [1.29, 1.82) is 5.26 Å². The fourth-order valence-corrected chi connectivity index (χ4v) is 4.82. The molecule has 3 aromatic carbocycles. The Morgan fingerprint density at radius 1 is 1.09 bits per heavy atom. The van der Waals surface area contributed by atoms with Crippen molar-refractivity contribution in [2.75, 3.05) is 5.32 Å². The highest BCUT2D eigenvalue weighted by Gasteiger charge is 2.31. The monoisotopic (exact) mass is 465 g/mol. The van der Waals surface area contributed by atoms with Crippen molar-refractivity contribution >= 4 is 23.4 Å². The number of carbonyl (C=O) groups is 1. The largest absolute Gasteiger partial charge is 0.326 e. The number of hydrogen-bond donors (Lipinski definition) is 1. The molecule has 1 fully saturated rings. The van der Waals surface area contributed by atoms with Gasteiger partial charge in [-0.1, -0.05) is 60.3 Å². The minimum Gasteiger partial charge on any atom is -0.326 e. The molecule has 5 rings (SSSR count). The van der Waals surface area contributed by atoms with Crippen molar-refractivity contribution in [3.05, 3.63) is 89.7 Å². The van der Waals surface area contributed by atoms with Gasteiger partial charge in [-0.2, -0.15) is 5.26 Å². The van der Waals surface area contributed by atoms with Gasteiger partial charge in [0.25, 0.3) is 0 Å². The second-order valence-electron chi connectivity index (χ2n) is 8.32. The van der Waals surface area contributed by atoms with E-state index in [1.54, 1.807) is 11.8 Å². The predicted octanol–water partition coefficient (Wildman–Crippen LogP) is 5.93. The SMILES string of the molecule is CC(=O)Nc1cccc(-n2c(SCc3ccc(-c4ccccc4C#N)cc3)nnc2C2CC2)c1. The number of nitrogens with zero attached hydrogens (tertiary/aromatic N) is 4. The Kier molecular flexibility index (Phi) is 6.15. The third-order valence-corrected chi connectivity index (χ3v) is 6.71. The number of anilines is 1. The van der Waals surface area contributed by atoms with E-state index in [4.69, 9.17) is 0 Å². The summed E-state index contributed by atoms with van der Waals surface area (Å²) in [5, 5.41) is 22.1. The number of carbonyl (C=O) groups excluding carboxylic acids is 1. The molecule has 0 unspecified atom stereocenters. The third-order valence-electron chi connectivity index (χ3n) is 5.71.